The van der Waals surface area contributed by atoms with Crippen molar-refractivity contribution >= 4 is 40.5 Å². The summed E-state index contributed by atoms with van der Waals surface area (Å²) in [4.78, 5) is 43.7. The first-order chi connectivity index (χ1) is 15.7. The lowest BCUT2D eigenvalue weighted by atomic mass is 10.3. The van der Waals surface area contributed by atoms with E-state index in [4.69, 9.17) is 21.1 Å². The molecule has 0 amide bonds. The fourth-order valence-electron chi connectivity index (χ4n) is 3.12. The SMILES string of the molecule is CCOC(=O)[C@@H](CC)Sc1nc2c(c(=O)[nH]c(=O)n2C)n1C[C@@H](O)COc1ccc(Cl)cc1. The van der Waals surface area contributed by atoms with Gasteiger partial charge in [0.2, 0.25) is 0 Å². The van der Waals surface area contributed by atoms with E-state index in [0.29, 0.717) is 22.3 Å². The molecule has 2 aromatic heterocycles. The number of aromatic nitrogens is 4. The Balaban J connectivity index is 1.93. The maximum absolute atomic E-state index is 12.6. The molecule has 12 heteroatoms. The zero-order chi connectivity index (χ0) is 24.1. The van der Waals surface area contributed by atoms with Gasteiger partial charge in [0.25, 0.3) is 5.56 Å². The first-order valence-corrected chi connectivity index (χ1v) is 11.6. The number of thioether (sulfide) groups is 1. The first-order valence-electron chi connectivity index (χ1n) is 10.3. The lowest BCUT2D eigenvalue weighted by Gasteiger charge is -2.17. The van der Waals surface area contributed by atoms with Crippen molar-refractivity contribution < 1.29 is 19.4 Å². The van der Waals surface area contributed by atoms with Gasteiger partial charge in [-0.2, -0.15) is 0 Å². The van der Waals surface area contributed by atoms with Crippen LogP contribution in [0.5, 0.6) is 5.75 Å². The van der Waals surface area contributed by atoms with E-state index < -0.39 is 28.6 Å². The molecule has 33 heavy (non-hydrogen) atoms. The molecule has 0 unspecified atom stereocenters. The summed E-state index contributed by atoms with van der Waals surface area (Å²) in [5, 5.41) is 10.9. The second kappa shape index (κ2) is 10.9. The summed E-state index contributed by atoms with van der Waals surface area (Å²) in [7, 11) is 1.48. The van der Waals surface area contributed by atoms with Gasteiger partial charge in [-0.1, -0.05) is 30.3 Å². The van der Waals surface area contributed by atoms with Crippen molar-refractivity contribution in [3.63, 3.8) is 0 Å². The third kappa shape index (κ3) is 5.79. The van der Waals surface area contributed by atoms with Crippen molar-refractivity contribution in [2.45, 2.75) is 43.3 Å². The Morgan fingerprint density at radius 3 is 2.61 bits per heavy atom. The fourth-order valence-corrected chi connectivity index (χ4v) is 4.26. The van der Waals surface area contributed by atoms with Gasteiger partial charge < -0.3 is 19.1 Å². The summed E-state index contributed by atoms with van der Waals surface area (Å²) in [6, 6.07) is 6.69. The summed E-state index contributed by atoms with van der Waals surface area (Å²) in [6.07, 6.45) is -0.554. The van der Waals surface area contributed by atoms with E-state index in [-0.39, 0.29) is 30.9 Å². The van der Waals surface area contributed by atoms with Gasteiger partial charge in [-0.15, -0.1) is 0 Å². The summed E-state index contributed by atoms with van der Waals surface area (Å²) < 4.78 is 13.4. The molecule has 0 saturated heterocycles. The second-order valence-electron chi connectivity index (χ2n) is 7.18. The van der Waals surface area contributed by atoms with E-state index in [1.807, 2.05) is 6.92 Å². The molecule has 178 valence electrons. The fraction of sp³-hybridized carbons (Fsp3) is 0.429. The molecule has 2 atom stereocenters. The summed E-state index contributed by atoms with van der Waals surface area (Å²) in [5.41, 5.74) is -0.986. The minimum atomic E-state index is -1.02. The van der Waals surface area contributed by atoms with Crippen LogP contribution in [0.25, 0.3) is 11.2 Å². The van der Waals surface area contributed by atoms with Crippen LogP contribution in [0.1, 0.15) is 20.3 Å². The van der Waals surface area contributed by atoms with Crippen molar-refractivity contribution in [2.24, 2.45) is 7.05 Å². The Morgan fingerprint density at radius 2 is 1.97 bits per heavy atom. The predicted octanol–water partition coefficient (Wildman–Crippen LogP) is 1.95. The number of rotatable bonds is 10. The van der Waals surface area contributed by atoms with Crippen LogP contribution >= 0.6 is 23.4 Å². The number of carbonyl (C=O) groups excluding carboxylic acids is 1. The smallest absolute Gasteiger partial charge is 0.329 e. The number of imidazole rings is 1. The normalized spacial score (nSPS) is 13.1. The van der Waals surface area contributed by atoms with Crippen molar-refractivity contribution in [3.8, 4) is 5.75 Å². The molecular weight excluding hydrogens is 472 g/mol. The maximum Gasteiger partial charge on any atom is 0.329 e. The predicted molar refractivity (Wildman–Crippen MR) is 125 cm³/mol. The van der Waals surface area contributed by atoms with Gasteiger partial charge in [0, 0.05) is 12.1 Å². The molecule has 2 N–H and O–H groups in total. The van der Waals surface area contributed by atoms with Crippen LogP contribution in [0.15, 0.2) is 39.0 Å². The number of aliphatic hydroxyl groups excluding tert-OH is 1. The Hall–Kier alpha value is -2.76. The van der Waals surface area contributed by atoms with Crippen molar-refractivity contribution in [2.75, 3.05) is 13.2 Å². The zero-order valence-electron chi connectivity index (χ0n) is 18.4. The van der Waals surface area contributed by atoms with Crippen molar-refractivity contribution in [1.29, 1.82) is 0 Å². The third-order valence-electron chi connectivity index (χ3n) is 4.79. The van der Waals surface area contributed by atoms with E-state index in [0.717, 1.165) is 11.8 Å². The highest BCUT2D eigenvalue weighted by Gasteiger charge is 2.26. The quantitative estimate of drug-likeness (QED) is 0.322. The monoisotopic (exact) mass is 496 g/mol. The van der Waals surface area contributed by atoms with Gasteiger partial charge in [0.1, 0.15) is 23.7 Å². The van der Waals surface area contributed by atoms with Crippen LogP contribution in [-0.4, -0.2) is 54.7 Å². The van der Waals surface area contributed by atoms with Gasteiger partial charge in [-0.05, 0) is 37.6 Å². The second-order valence-corrected chi connectivity index (χ2v) is 8.79. The lowest BCUT2D eigenvalue weighted by molar-refractivity contribution is -0.142. The van der Waals surface area contributed by atoms with E-state index in [2.05, 4.69) is 9.97 Å². The third-order valence-corrected chi connectivity index (χ3v) is 6.37. The number of H-pyrrole nitrogens is 1. The Bertz CT molecular complexity index is 1240. The van der Waals surface area contributed by atoms with Crippen LogP contribution in [0, 0.1) is 0 Å². The number of nitrogens with one attached hydrogen (secondary N) is 1. The molecule has 1 aromatic carbocycles. The zero-order valence-corrected chi connectivity index (χ0v) is 20.0. The van der Waals surface area contributed by atoms with E-state index in [1.54, 1.807) is 31.2 Å². The van der Waals surface area contributed by atoms with Gasteiger partial charge in [-0.25, -0.2) is 9.78 Å². The molecular formula is C21H25ClN4O6S. The van der Waals surface area contributed by atoms with Crippen molar-refractivity contribution in [3.05, 3.63) is 50.1 Å². The molecule has 0 saturated carbocycles. The first kappa shape index (κ1) is 24.9. The molecule has 3 aromatic rings. The maximum atomic E-state index is 12.6. The van der Waals surface area contributed by atoms with E-state index in [9.17, 15) is 19.5 Å². The number of halogens is 1. The summed E-state index contributed by atoms with van der Waals surface area (Å²) in [6.45, 7) is 3.67. The molecule has 0 radical (unpaired) electrons. The highest BCUT2D eigenvalue weighted by Crippen LogP contribution is 2.28. The number of carbonyl (C=O) groups is 1. The molecule has 0 spiro atoms. The average molecular weight is 497 g/mol. The molecule has 0 aliphatic rings. The van der Waals surface area contributed by atoms with Crippen LogP contribution in [0.4, 0.5) is 0 Å². The molecule has 0 aliphatic heterocycles. The lowest BCUT2D eigenvalue weighted by Crippen LogP contribution is -2.31. The number of aryl methyl sites for hydroxylation is 1. The summed E-state index contributed by atoms with van der Waals surface area (Å²) in [5.74, 6) is 0.121. The number of hydrogen-bond acceptors (Lipinski definition) is 8. The van der Waals surface area contributed by atoms with Crippen molar-refractivity contribution in [1.82, 2.24) is 19.1 Å². The topological polar surface area (TPSA) is 128 Å². The van der Waals surface area contributed by atoms with Crippen LogP contribution in [0.3, 0.4) is 0 Å². The minimum Gasteiger partial charge on any atom is -0.491 e. The number of fused-ring (bicyclic) bond motifs is 1. The summed E-state index contributed by atoms with van der Waals surface area (Å²) >= 11 is 6.98. The highest BCUT2D eigenvalue weighted by atomic mass is 35.5. The van der Waals surface area contributed by atoms with Gasteiger partial charge in [0.05, 0.1) is 13.2 Å². The Kier molecular flexibility index (Phi) is 8.22. The molecule has 3 rings (SSSR count). The molecule has 2 heterocycles. The highest BCUT2D eigenvalue weighted by molar-refractivity contribution is 8.00. The largest absolute Gasteiger partial charge is 0.491 e. The molecule has 10 nitrogen and oxygen atoms in total. The Morgan fingerprint density at radius 1 is 1.27 bits per heavy atom. The number of esters is 1. The number of benzene rings is 1. The Labute approximate surface area is 198 Å². The number of hydrogen-bond donors (Lipinski definition) is 2. The van der Waals surface area contributed by atoms with Crippen LogP contribution < -0.4 is 16.0 Å². The van der Waals surface area contributed by atoms with Crippen LogP contribution in [-0.2, 0) is 23.1 Å². The van der Waals surface area contributed by atoms with Gasteiger partial charge in [0.15, 0.2) is 16.3 Å². The van der Waals surface area contributed by atoms with E-state index in [1.165, 1.54) is 16.2 Å². The average Bonchev–Trinajstić information content (AvgIpc) is 3.14. The van der Waals surface area contributed by atoms with Gasteiger partial charge >= 0.3 is 11.7 Å². The number of ether oxygens (including phenoxy) is 2. The minimum absolute atomic E-state index is 0.0486. The van der Waals surface area contributed by atoms with Crippen LogP contribution in [0.2, 0.25) is 5.02 Å². The molecule has 0 bridgehead atoms. The number of nitrogens with zero attached hydrogens (tertiary/aromatic N) is 3. The van der Waals surface area contributed by atoms with Gasteiger partial charge in [-0.3, -0.25) is 19.1 Å². The molecule has 0 aliphatic carbocycles. The standard InChI is InChI=1S/C21H25ClN4O6S/c1-4-15(19(29)31-5-2)33-21-23-17-16(18(28)24-20(30)25(17)3)26(21)10-13(27)11-32-14-8-6-12(22)7-9-14/h6-9,13,15,27H,4-5,10-11H2,1-3H3,(H,24,28,30)/t13-,15-/m1/s1. The molecule has 0 fully saturated rings. The number of aromatic amines is 1. The van der Waals surface area contributed by atoms with E-state index >= 15 is 0 Å². The number of aliphatic hydroxyl groups is 1.